The molecular formula is C11H15Cl. The van der Waals surface area contributed by atoms with E-state index in [4.69, 9.17) is 11.6 Å². The van der Waals surface area contributed by atoms with E-state index in [-0.39, 0.29) is 5.38 Å². The summed E-state index contributed by atoms with van der Waals surface area (Å²) in [4.78, 5) is 0. The van der Waals surface area contributed by atoms with Crippen molar-refractivity contribution in [3.05, 3.63) is 35.4 Å². The standard InChI is InChI=1S/C11H15Cl/c1-3-11(12)8-10-6-4-9(2)5-7-10/h4-7,11H,3,8H2,1-2H3. The van der Waals surface area contributed by atoms with Crippen molar-refractivity contribution >= 4 is 11.6 Å². The Morgan fingerprint density at radius 3 is 2.33 bits per heavy atom. The summed E-state index contributed by atoms with van der Waals surface area (Å²) in [6.07, 6.45) is 2.02. The molecule has 0 aliphatic carbocycles. The first kappa shape index (κ1) is 9.60. The van der Waals surface area contributed by atoms with Gasteiger partial charge in [0, 0.05) is 5.38 Å². The van der Waals surface area contributed by atoms with E-state index in [2.05, 4.69) is 38.1 Å². The third kappa shape index (κ3) is 2.86. The van der Waals surface area contributed by atoms with Crippen LogP contribution in [0.25, 0.3) is 0 Å². The van der Waals surface area contributed by atoms with E-state index in [1.54, 1.807) is 0 Å². The summed E-state index contributed by atoms with van der Waals surface area (Å²) in [6, 6.07) is 8.57. The van der Waals surface area contributed by atoms with E-state index in [1.165, 1.54) is 11.1 Å². The second-order valence-corrected chi connectivity index (χ2v) is 3.81. The largest absolute Gasteiger partial charge is 0.123 e. The molecule has 0 saturated carbocycles. The van der Waals surface area contributed by atoms with Crippen LogP contribution in [-0.2, 0) is 6.42 Å². The highest BCUT2D eigenvalue weighted by atomic mass is 35.5. The average molecular weight is 183 g/mol. The topological polar surface area (TPSA) is 0 Å². The highest BCUT2D eigenvalue weighted by Gasteiger charge is 2.01. The minimum absolute atomic E-state index is 0.285. The van der Waals surface area contributed by atoms with Gasteiger partial charge in [0.1, 0.15) is 0 Å². The van der Waals surface area contributed by atoms with Gasteiger partial charge >= 0.3 is 0 Å². The quantitative estimate of drug-likeness (QED) is 0.628. The number of halogens is 1. The van der Waals surface area contributed by atoms with E-state index < -0.39 is 0 Å². The van der Waals surface area contributed by atoms with Crippen LogP contribution in [0, 0.1) is 6.92 Å². The molecule has 0 heterocycles. The molecule has 1 unspecified atom stereocenters. The van der Waals surface area contributed by atoms with E-state index in [0.29, 0.717) is 0 Å². The Morgan fingerprint density at radius 2 is 1.83 bits per heavy atom. The van der Waals surface area contributed by atoms with Gasteiger partial charge in [0.25, 0.3) is 0 Å². The summed E-state index contributed by atoms with van der Waals surface area (Å²) >= 11 is 6.04. The van der Waals surface area contributed by atoms with E-state index in [1.807, 2.05) is 0 Å². The van der Waals surface area contributed by atoms with E-state index in [0.717, 1.165) is 12.8 Å². The Labute approximate surface area is 79.6 Å². The molecule has 0 N–H and O–H groups in total. The molecule has 1 heteroatoms. The lowest BCUT2D eigenvalue weighted by Gasteiger charge is -2.05. The molecule has 1 rings (SSSR count). The maximum Gasteiger partial charge on any atom is 0.0373 e. The summed E-state index contributed by atoms with van der Waals surface area (Å²) < 4.78 is 0. The first-order valence-electron chi connectivity index (χ1n) is 4.42. The molecule has 0 nitrogen and oxygen atoms in total. The van der Waals surface area contributed by atoms with Gasteiger partial charge in [-0.15, -0.1) is 11.6 Å². The lowest BCUT2D eigenvalue weighted by atomic mass is 10.1. The molecule has 0 amide bonds. The molecule has 1 atom stereocenters. The average Bonchev–Trinajstić information content (AvgIpc) is 2.09. The molecule has 0 aliphatic rings. The van der Waals surface area contributed by atoms with Crippen LogP contribution in [0.4, 0.5) is 0 Å². The molecule has 0 saturated heterocycles. The Balaban J connectivity index is 2.58. The number of hydrogen-bond donors (Lipinski definition) is 0. The predicted molar refractivity (Wildman–Crippen MR) is 54.8 cm³/mol. The Bertz CT molecular complexity index is 225. The molecule has 0 bridgehead atoms. The molecule has 0 fully saturated rings. The monoisotopic (exact) mass is 182 g/mol. The van der Waals surface area contributed by atoms with Crippen LogP contribution < -0.4 is 0 Å². The van der Waals surface area contributed by atoms with Gasteiger partial charge in [0.15, 0.2) is 0 Å². The van der Waals surface area contributed by atoms with Gasteiger partial charge in [-0.3, -0.25) is 0 Å². The van der Waals surface area contributed by atoms with Crippen LogP contribution in [0.15, 0.2) is 24.3 Å². The van der Waals surface area contributed by atoms with Crippen LogP contribution in [0.2, 0.25) is 0 Å². The number of alkyl halides is 1. The summed E-state index contributed by atoms with van der Waals surface area (Å²) in [5.41, 5.74) is 2.64. The molecule has 12 heavy (non-hydrogen) atoms. The van der Waals surface area contributed by atoms with Gasteiger partial charge in [-0.1, -0.05) is 36.8 Å². The van der Waals surface area contributed by atoms with Gasteiger partial charge in [0.05, 0.1) is 0 Å². The SMILES string of the molecule is CCC(Cl)Cc1ccc(C)cc1. The van der Waals surface area contributed by atoms with Gasteiger partial charge in [-0.2, -0.15) is 0 Å². The zero-order valence-corrected chi connectivity index (χ0v) is 8.43. The fraction of sp³-hybridized carbons (Fsp3) is 0.455. The van der Waals surface area contributed by atoms with Crippen molar-refractivity contribution in [2.24, 2.45) is 0 Å². The van der Waals surface area contributed by atoms with Crippen LogP contribution in [0.3, 0.4) is 0 Å². The number of rotatable bonds is 3. The molecular weight excluding hydrogens is 168 g/mol. The third-order valence-corrected chi connectivity index (χ3v) is 2.48. The highest BCUT2D eigenvalue weighted by Crippen LogP contribution is 2.11. The van der Waals surface area contributed by atoms with E-state index >= 15 is 0 Å². The predicted octanol–water partition coefficient (Wildman–Crippen LogP) is 3.55. The lowest BCUT2D eigenvalue weighted by molar-refractivity contribution is 0.805. The van der Waals surface area contributed by atoms with Crippen molar-refractivity contribution in [2.75, 3.05) is 0 Å². The summed E-state index contributed by atoms with van der Waals surface area (Å²) in [5.74, 6) is 0. The highest BCUT2D eigenvalue weighted by molar-refractivity contribution is 6.20. The Hall–Kier alpha value is -0.490. The maximum absolute atomic E-state index is 6.04. The minimum Gasteiger partial charge on any atom is -0.123 e. The fourth-order valence-corrected chi connectivity index (χ4v) is 1.30. The zero-order chi connectivity index (χ0) is 8.97. The van der Waals surface area contributed by atoms with Crippen molar-refractivity contribution in [1.82, 2.24) is 0 Å². The zero-order valence-electron chi connectivity index (χ0n) is 7.68. The van der Waals surface area contributed by atoms with Gasteiger partial charge in [0.2, 0.25) is 0 Å². The van der Waals surface area contributed by atoms with Gasteiger partial charge in [-0.25, -0.2) is 0 Å². The van der Waals surface area contributed by atoms with Gasteiger partial charge in [-0.05, 0) is 25.3 Å². The summed E-state index contributed by atoms with van der Waals surface area (Å²) in [6.45, 7) is 4.22. The fourth-order valence-electron chi connectivity index (χ4n) is 1.12. The molecule has 1 aromatic carbocycles. The number of benzene rings is 1. The molecule has 0 radical (unpaired) electrons. The maximum atomic E-state index is 6.04. The second-order valence-electron chi connectivity index (χ2n) is 3.20. The van der Waals surface area contributed by atoms with E-state index in [9.17, 15) is 0 Å². The molecule has 0 aromatic heterocycles. The first-order valence-corrected chi connectivity index (χ1v) is 4.85. The second kappa shape index (κ2) is 4.51. The normalized spacial score (nSPS) is 12.9. The Morgan fingerprint density at radius 1 is 1.25 bits per heavy atom. The van der Waals surface area contributed by atoms with Crippen molar-refractivity contribution in [3.8, 4) is 0 Å². The lowest BCUT2D eigenvalue weighted by Crippen LogP contribution is -2.00. The number of aryl methyl sites for hydroxylation is 1. The Kier molecular flexibility index (Phi) is 3.61. The summed E-state index contributed by atoms with van der Waals surface area (Å²) in [7, 11) is 0. The smallest absolute Gasteiger partial charge is 0.0373 e. The van der Waals surface area contributed by atoms with Crippen LogP contribution in [-0.4, -0.2) is 5.38 Å². The molecule has 0 aliphatic heterocycles. The van der Waals surface area contributed by atoms with Crippen LogP contribution >= 0.6 is 11.6 Å². The van der Waals surface area contributed by atoms with Crippen LogP contribution in [0.1, 0.15) is 24.5 Å². The van der Waals surface area contributed by atoms with Crippen LogP contribution in [0.5, 0.6) is 0 Å². The molecule has 0 spiro atoms. The minimum atomic E-state index is 0.285. The first-order chi connectivity index (χ1) is 5.72. The third-order valence-electron chi connectivity index (χ3n) is 2.02. The van der Waals surface area contributed by atoms with Crippen molar-refractivity contribution in [3.63, 3.8) is 0 Å². The van der Waals surface area contributed by atoms with Gasteiger partial charge < -0.3 is 0 Å². The molecule has 1 aromatic rings. The molecule has 66 valence electrons. The van der Waals surface area contributed by atoms with Crippen molar-refractivity contribution < 1.29 is 0 Å². The van der Waals surface area contributed by atoms with Crippen molar-refractivity contribution in [2.45, 2.75) is 32.1 Å². The van der Waals surface area contributed by atoms with Crippen molar-refractivity contribution in [1.29, 1.82) is 0 Å². The number of hydrogen-bond acceptors (Lipinski definition) is 0. The summed E-state index contributed by atoms with van der Waals surface area (Å²) in [5, 5.41) is 0.285.